The van der Waals surface area contributed by atoms with Gasteiger partial charge in [0.25, 0.3) is 0 Å². The van der Waals surface area contributed by atoms with E-state index in [4.69, 9.17) is 0 Å². The number of rotatable bonds is 2. The maximum atomic E-state index is 11.1. The maximum Gasteiger partial charge on any atom is 0.248 e. The zero-order valence-electron chi connectivity index (χ0n) is 8.58. The molecule has 2 rings (SSSR count). The molecule has 0 bridgehead atoms. The summed E-state index contributed by atoms with van der Waals surface area (Å²) in [5.41, 5.74) is 3.17. The number of H-pyrrole nitrogens is 1. The summed E-state index contributed by atoms with van der Waals surface area (Å²) in [4.78, 5) is 13.8. The molecule has 75 valence electrons. The van der Waals surface area contributed by atoms with Crippen molar-refractivity contribution in [3.05, 3.63) is 69.6 Å². The standard InChI is InChI=1S/C13H12NO/c1-10-5-7-11(8-6-10)9-12-3-2-4-13(15)14-12/h2,4-8H,9H2,1H3,(H,14,15). The van der Waals surface area contributed by atoms with Gasteiger partial charge in [-0.1, -0.05) is 29.8 Å². The minimum absolute atomic E-state index is 0.0733. The SMILES string of the molecule is Cc1ccc(Cc2[c]ccc(=O)[nH]2)cc1. The second kappa shape index (κ2) is 4.13. The molecular weight excluding hydrogens is 186 g/mol. The third-order valence-corrected chi connectivity index (χ3v) is 2.27. The molecule has 2 nitrogen and oxygen atoms in total. The lowest BCUT2D eigenvalue weighted by molar-refractivity contribution is 1.04. The highest BCUT2D eigenvalue weighted by Gasteiger charge is 1.96. The summed E-state index contributed by atoms with van der Waals surface area (Å²) in [6.45, 7) is 2.06. The van der Waals surface area contributed by atoms with Gasteiger partial charge in [0.15, 0.2) is 0 Å². The average molecular weight is 198 g/mol. The van der Waals surface area contributed by atoms with Crippen molar-refractivity contribution in [2.45, 2.75) is 13.3 Å². The molecule has 1 N–H and O–H groups in total. The molecular formula is C13H12NO. The van der Waals surface area contributed by atoms with Crippen LogP contribution in [0.1, 0.15) is 16.8 Å². The molecule has 1 radical (unpaired) electrons. The Hall–Kier alpha value is -1.83. The number of pyridine rings is 1. The van der Waals surface area contributed by atoms with Gasteiger partial charge in [-0.3, -0.25) is 4.79 Å². The summed E-state index contributed by atoms with van der Waals surface area (Å²) in [5.74, 6) is 0. The highest BCUT2D eigenvalue weighted by molar-refractivity contribution is 5.24. The Morgan fingerprint density at radius 3 is 2.60 bits per heavy atom. The molecule has 0 spiro atoms. The van der Waals surface area contributed by atoms with E-state index < -0.39 is 0 Å². The Morgan fingerprint density at radius 2 is 1.93 bits per heavy atom. The van der Waals surface area contributed by atoms with Gasteiger partial charge in [0.05, 0.1) is 0 Å². The van der Waals surface area contributed by atoms with Gasteiger partial charge < -0.3 is 4.98 Å². The predicted octanol–water partition coefficient (Wildman–Crippen LogP) is 2.07. The monoisotopic (exact) mass is 198 g/mol. The third kappa shape index (κ3) is 2.56. The summed E-state index contributed by atoms with van der Waals surface area (Å²) >= 11 is 0. The molecule has 1 aromatic carbocycles. The van der Waals surface area contributed by atoms with Crippen LogP contribution in [-0.4, -0.2) is 4.98 Å². The largest absolute Gasteiger partial charge is 0.325 e. The van der Waals surface area contributed by atoms with Crippen LogP contribution < -0.4 is 5.56 Å². The average Bonchev–Trinajstić information content (AvgIpc) is 2.22. The van der Waals surface area contributed by atoms with Gasteiger partial charge in [-0.05, 0) is 18.6 Å². The highest BCUT2D eigenvalue weighted by Crippen LogP contribution is 2.07. The Balaban J connectivity index is 2.22. The first-order valence-corrected chi connectivity index (χ1v) is 4.89. The molecule has 0 atom stereocenters. The van der Waals surface area contributed by atoms with Crippen LogP contribution in [0.4, 0.5) is 0 Å². The van der Waals surface area contributed by atoms with Crippen molar-refractivity contribution >= 4 is 0 Å². The van der Waals surface area contributed by atoms with Crippen molar-refractivity contribution in [3.63, 3.8) is 0 Å². The summed E-state index contributed by atoms with van der Waals surface area (Å²) in [7, 11) is 0. The first-order valence-electron chi connectivity index (χ1n) is 4.89. The fraction of sp³-hybridized carbons (Fsp3) is 0.154. The van der Waals surface area contributed by atoms with Crippen LogP contribution in [0.3, 0.4) is 0 Å². The first-order chi connectivity index (χ1) is 7.24. The Kier molecular flexibility index (Phi) is 2.68. The van der Waals surface area contributed by atoms with E-state index in [1.54, 1.807) is 6.07 Å². The van der Waals surface area contributed by atoms with E-state index in [0.29, 0.717) is 0 Å². The van der Waals surface area contributed by atoms with Crippen LogP contribution in [0.2, 0.25) is 0 Å². The smallest absolute Gasteiger partial charge is 0.248 e. The van der Waals surface area contributed by atoms with Crippen LogP contribution in [0, 0.1) is 13.0 Å². The predicted molar refractivity (Wildman–Crippen MR) is 59.9 cm³/mol. The fourth-order valence-electron chi connectivity index (χ4n) is 1.45. The molecule has 0 amide bonds. The van der Waals surface area contributed by atoms with Gasteiger partial charge >= 0.3 is 0 Å². The highest BCUT2D eigenvalue weighted by atomic mass is 16.1. The number of aromatic amines is 1. The summed E-state index contributed by atoms with van der Waals surface area (Å²) in [6.07, 6.45) is 0.719. The minimum Gasteiger partial charge on any atom is -0.325 e. The zero-order chi connectivity index (χ0) is 10.7. The summed E-state index contributed by atoms with van der Waals surface area (Å²) in [6, 6.07) is 14.4. The molecule has 0 aliphatic carbocycles. The molecule has 1 heterocycles. The van der Waals surface area contributed by atoms with Gasteiger partial charge in [0.1, 0.15) is 0 Å². The van der Waals surface area contributed by atoms with Gasteiger partial charge in [-0.25, -0.2) is 0 Å². The lowest BCUT2D eigenvalue weighted by atomic mass is 10.1. The van der Waals surface area contributed by atoms with Crippen molar-refractivity contribution in [3.8, 4) is 0 Å². The van der Waals surface area contributed by atoms with E-state index in [9.17, 15) is 4.79 Å². The van der Waals surface area contributed by atoms with Crippen LogP contribution in [0.15, 0.2) is 41.2 Å². The van der Waals surface area contributed by atoms with Gasteiger partial charge in [0.2, 0.25) is 5.56 Å². The molecule has 2 heteroatoms. The number of hydrogen-bond acceptors (Lipinski definition) is 1. The van der Waals surface area contributed by atoms with E-state index in [-0.39, 0.29) is 5.56 Å². The lowest BCUT2D eigenvalue weighted by Gasteiger charge is -2.01. The summed E-state index contributed by atoms with van der Waals surface area (Å²) in [5, 5.41) is 0. The van der Waals surface area contributed by atoms with Gasteiger partial charge in [-0.2, -0.15) is 0 Å². The van der Waals surface area contributed by atoms with Crippen LogP contribution in [0.25, 0.3) is 0 Å². The van der Waals surface area contributed by atoms with Crippen molar-refractivity contribution in [1.82, 2.24) is 4.98 Å². The Labute approximate surface area is 88.6 Å². The number of aromatic nitrogens is 1. The lowest BCUT2D eigenvalue weighted by Crippen LogP contribution is -2.06. The molecule has 0 aliphatic heterocycles. The van der Waals surface area contributed by atoms with Crippen LogP contribution in [0.5, 0.6) is 0 Å². The minimum atomic E-state index is -0.0733. The zero-order valence-corrected chi connectivity index (χ0v) is 8.58. The van der Waals surface area contributed by atoms with E-state index in [1.807, 2.05) is 0 Å². The third-order valence-electron chi connectivity index (χ3n) is 2.27. The summed E-state index contributed by atoms with van der Waals surface area (Å²) < 4.78 is 0. The van der Waals surface area contributed by atoms with E-state index in [1.165, 1.54) is 17.2 Å². The van der Waals surface area contributed by atoms with Crippen molar-refractivity contribution in [1.29, 1.82) is 0 Å². The van der Waals surface area contributed by atoms with Gasteiger partial charge in [-0.15, -0.1) is 0 Å². The van der Waals surface area contributed by atoms with Crippen molar-refractivity contribution in [2.24, 2.45) is 0 Å². The topological polar surface area (TPSA) is 32.9 Å². The molecule has 15 heavy (non-hydrogen) atoms. The molecule has 0 saturated heterocycles. The quantitative estimate of drug-likeness (QED) is 0.787. The molecule has 0 saturated carbocycles. The van der Waals surface area contributed by atoms with Crippen LogP contribution >= 0.6 is 0 Å². The van der Waals surface area contributed by atoms with E-state index >= 15 is 0 Å². The van der Waals surface area contributed by atoms with Crippen molar-refractivity contribution < 1.29 is 0 Å². The van der Waals surface area contributed by atoms with E-state index in [2.05, 4.69) is 42.2 Å². The number of hydrogen-bond donors (Lipinski definition) is 1. The molecule has 2 aromatic rings. The molecule has 1 aromatic heterocycles. The Bertz CT molecular complexity index is 496. The van der Waals surface area contributed by atoms with Gasteiger partial charge in [0, 0.05) is 24.2 Å². The second-order valence-corrected chi connectivity index (χ2v) is 3.61. The van der Waals surface area contributed by atoms with E-state index in [0.717, 1.165) is 12.1 Å². The fourth-order valence-corrected chi connectivity index (χ4v) is 1.45. The molecule has 0 unspecified atom stereocenters. The second-order valence-electron chi connectivity index (χ2n) is 3.61. The number of benzene rings is 1. The number of nitrogens with one attached hydrogen (secondary N) is 1. The molecule has 0 aliphatic rings. The Morgan fingerprint density at radius 1 is 1.20 bits per heavy atom. The maximum absolute atomic E-state index is 11.1. The van der Waals surface area contributed by atoms with Crippen LogP contribution in [-0.2, 0) is 6.42 Å². The van der Waals surface area contributed by atoms with Crippen molar-refractivity contribution in [2.75, 3.05) is 0 Å². The molecule has 0 fully saturated rings. The normalized spacial score (nSPS) is 10.2. The number of aryl methyl sites for hydroxylation is 1. The first kappa shape index (κ1) is 9.71.